The predicted octanol–water partition coefficient (Wildman–Crippen LogP) is 2.04. The summed E-state index contributed by atoms with van der Waals surface area (Å²) in [6.45, 7) is 3.06. The number of ether oxygens (including phenoxy) is 2. The fourth-order valence-corrected chi connectivity index (χ4v) is 2.45. The van der Waals surface area contributed by atoms with Gasteiger partial charge in [-0.25, -0.2) is 0 Å². The van der Waals surface area contributed by atoms with Crippen molar-refractivity contribution in [1.29, 1.82) is 0 Å². The Balaban J connectivity index is 1.87. The molecule has 1 aliphatic heterocycles. The average Bonchev–Trinajstić information content (AvgIpc) is 3.06. The van der Waals surface area contributed by atoms with Gasteiger partial charge in [-0.1, -0.05) is 6.92 Å². The molecule has 2 rings (SSSR count). The van der Waals surface area contributed by atoms with Crippen LogP contribution < -0.4 is 4.74 Å². The lowest BCUT2D eigenvalue weighted by atomic mass is 10.1. The van der Waals surface area contributed by atoms with Crippen molar-refractivity contribution >= 4 is 11.9 Å². The van der Waals surface area contributed by atoms with Gasteiger partial charge in [-0.05, 0) is 37.1 Å². The van der Waals surface area contributed by atoms with Gasteiger partial charge in [0.1, 0.15) is 12.4 Å². The minimum absolute atomic E-state index is 0.153. The molecule has 0 bridgehead atoms. The second-order valence-corrected chi connectivity index (χ2v) is 5.90. The van der Waals surface area contributed by atoms with Crippen molar-refractivity contribution in [2.45, 2.75) is 25.9 Å². The van der Waals surface area contributed by atoms with E-state index in [0.717, 1.165) is 19.4 Å². The average molecular weight is 321 g/mol. The van der Waals surface area contributed by atoms with Crippen molar-refractivity contribution in [2.24, 2.45) is 5.92 Å². The number of benzene rings is 1. The second kappa shape index (κ2) is 7.97. The number of nitrogens with zero attached hydrogens (tertiary/aromatic N) is 1. The van der Waals surface area contributed by atoms with Gasteiger partial charge in [-0.2, -0.15) is 0 Å². The van der Waals surface area contributed by atoms with Crippen LogP contribution in [-0.4, -0.2) is 54.8 Å². The summed E-state index contributed by atoms with van der Waals surface area (Å²) in [6, 6.07) is 6.87. The van der Waals surface area contributed by atoms with Crippen LogP contribution in [0.1, 0.15) is 30.1 Å². The molecular formula is C17H23NO5. The molecule has 0 aromatic heterocycles. The number of hydrogen-bond acceptors (Lipinski definition) is 4. The number of carboxylic acids is 1. The Kier molecular flexibility index (Phi) is 5.98. The van der Waals surface area contributed by atoms with E-state index >= 15 is 0 Å². The van der Waals surface area contributed by atoms with Crippen LogP contribution in [0.3, 0.4) is 0 Å². The smallest absolute Gasteiger partial charge is 0.308 e. The highest BCUT2D eigenvalue weighted by molar-refractivity contribution is 5.94. The zero-order chi connectivity index (χ0) is 16.8. The molecule has 6 nitrogen and oxygen atoms in total. The molecule has 1 saturated heterocycles. The molecule has 1 amide bonds. The minimum atomic E-state index is -0.914. The van der Waals surface area contributed by atoms with E-state index in [1.54, 1.807) is 38.2 Å². The second-order valence-electron chi connectivity index (χ2n) is 5.90. The number of aliphatic carboxylic acids is 1. The van der Waals surface area contributed by atoms with E-state index in [4.69, 9.17) is 14.6 Å². The molecule has 6 heteroatoms. The van der Waals surface area contributed by atoms with Crippen LogP contribution in [-0.2, 0) is 9.53 Å². The summed E-state index contributed by atoms with van der Waals surface area (Å²) in [4.78, 5) is 24.5. The van der Waals surface area contributed by atoms with Gasteiger partial charge in [0.15, 0.2) is 0 Å². The Morgan fingerprint density at radius 1 is 1.39 bits per heavy atom. The lowest BCUT2D eigenvalue weighted by Crippen LogP contribution is -2.33. The first-order chi connectivity index (χ1) is 11.0. The molecule has 1 fully saturated rings. The molecule has 1 N–H and O–H groups in total. The number of rotatable bonds is 7. The van der Waals surface area contributed by atoms with E-state index in [1.165, 1.54) is 4.90 Å². The fourth-order valence-electron chi connectivity index (χ4n) is 2.45. The SMILES string of the molecule is C[C@H](CN(C)C(=O)c1ccc(OC[C@H]2CCCO2)cc1)C(=O)O. The van der Waals surface area contributed by atoms with Crippen LogP contribution in [0.25, 0.3) is 0 Å². The Hall–Kier alpha value is -2.08. The van der Waals surface area contributed by atoms with E-state index in [9.17, 15) is 9.59 Å². The van der Waals surface area contributed by atoms with Gasteiger partial charge in [-0.3, -0.25) is 9.59 Å². The van der Waals surface area contributed by atoms with Crippen molar-refractivity contribution < 1.29 is 24.2 Å². The lowest BCUT2D eigenvalue weighted by Gasteiger charge is -2.19. The van der Waals surface area contributed by atoms with Crippen LogP contribution in [0, 0.1) is 5.92 Å². The Labute approximate surface area is 136 Å². The summed E-state index contributed by atoms with van der Waals surface area (Å²) in [5.74, 6) is -1.03. The van der Waals surface area contributed by atoms with Crippen molar-refractivity contribution in [2.75, 3.05) is 26.8 Å². The van der Waals surface area contributed by atoms with Gasteiger partial charge in [-0.15, -0.1) is 0 Å². The summed E-state index contributed by atoms with van der Waals surface area (Å²) in [5, 5.41) is 8.90. The molecule has 0 radical (unpaired) electrons. The lowest BCUT2D eigenvalue weighted by molar-refractivity contribution is -0.141. The predicted molar refractivity (Wildman–Crippen MR) is 84.7 cm³/mol. The molecule has 2 atom stereocenters. The quantitative estimate of drug-likeness (QED) is 0.831. The maximum absolute atomic E-state index is 12.3. The molecule has 0 spiro atoms. The number of amides is 1. The van der Waals surface area contributed by atoms with Gasteiger partial charge in [0.05, 0.1) is 12.0 Å². The van der Waals surface area contributed by atoms with Crippen molar-refractivity contribution in [3.63, 3.8) is 0 Å². The van der Waals surface area contributed by atoms with Crippen LogP contribution in [0.5, 0.6) is 5.75 Å². The van der Waals surface area contributed by atoms with Crippen LogP contribution in [0.15, 0.2) is 24.3 Å². The molecule has 0 aliphatic carbocycles. The van der Waals surface area contributed by atoms with E-state index in [0.29, 0.717) is 17.9 Å². The van der Waals surface area contributed by atoms with Crippen molar-refractivity contribution in [3.05, 3.63) is 29.8 Å². The molecule has 1 aliphatic rings. The van der Waals surface area contributed by atoms with Crippen LogP contribution in [0.2, 0.25) is 0 Å². The summed E-state index contributed by atoms with van der Waals surface area (Å²) in [7, 11) is 1.60. The highest BCUT2D eigenvalue weighted by atomic mass is 16.5. The Bertz CT molecular complexity index is 536. The van der Waals surface area contributed by atoms with Crippen LogP contribution >= 0.6 is 0 Å². The normalized spacial score (nSPS) is 18.4. The number of carbonyl (C=O) groups excluding carboxylic acids is 1. The molecule has 0 unspecified atom stereocenters. The standard InChI is InChI=1S/C17H23NO5/c1-12(17(20)21)10-18(2)16(19)13-5-7-14(8-6-13)23-11-15-4-3-9-22-15/h5-8,12,15H,3-4,9-11H2,1-2H3,(H,20,21)/t12-,15-/m1/s1. The third-order valence-electron chi connectivity index (χ3n) is 3.88. The molecule has 0 saturated carbocycles. The van der Waals surface area contributed by atoms with E-state index in [2.05, 4.69) is 0 Å². The van der Waals surface area contributed by atoms with E-state index < -0.39 is 11.9 Å². The highest BCUT2D eigenvalue weighted by Crippen LogP contribution is 2.17. The zero-order valence-corrected chi connectivity index (χ0v) is 13.5. The summed E-state index contributed by atoms with van der Waals surface area (Å²) >= 11 is 0. The van der Waals surface area contributed by atoms with Gasteiger partial charge < -0.3 is 19.5 Å². The first-order valence-corrected chi connectivity index (χ1v) is 7.80. The number of carbonyl (C=O) groups is 2. The van der Waals surface area contributed by atoms with Gasteiger partial charge >= 0.3 is 5.97 Å². The largest absolute Gasteiger partial charge is 0.491 e. The van der Waals surface area contributed by atoms with Gasteiger partial charge in [0.2, 0.25) is 0 Å². The monoisotopic (exact) mass is 321 g/mol. The third kappa shape index (κ3) is 4.96. The van der Waals surface area contributed by atoms with Gasteiger partial charge in [0, 0.05) is 25.8 Å². The molecule has 1 aromatic carbocycles. The Morgan fingerprint density at radius 2 is 2.09 bits per heavy atom. The van der Waals surface area contributed by atoms with Crippen molar-refractivity contribution in [1.82, 2.24) is 4.90 Å². The molecule has 126 valence electrons. The van der Waals surface area contributed by atoms with Crippen LogP contribution in [0.4, 0.5) is 0 Å². The maximum Gasteiger partial charge on any atom is 0.308 e. The van der Waals surface area contributed by atoms with Crippen molar-refractivity contribution in [3.8, 4) is 5.75 Å². The maximum atomic E-state index is 12.3. The first-order valence-electron chi connectivity index (χ1n) is 7.80. The Morgan fingerprint density at radius 3 is 2.65 bits per heavy atom. The van der Waals surface area contributed by atoms with E-state index in [1.807, 2.05) is 0 Å². The summed E-state index contributed by atoms with van der Waals surface area (Å²) < 4.78 is 11.1. The summed E-state index contributed by atoms with van der Waals surface area (Å²) in [5.41, 5.74) is 0.509. The number of carboxylic acid groups (broad SMARTS) is 1. The first kappa shape index (κ1) is 17.3. The number of hydrogen-bond donors (Lipinski definition) is 1. The molecule has 1 heterocycles. The topological polar surface area (TPSA) is 76.1 Å². The third-order valence-corrected chi connectivity index (χ3v) is 3.88. The fraction of sp³-hybridized carbons (Fsp3) is 0.529. The molecule has 23 heavy (non-hydrogen) atoms. The molecular weight excluding hydrogens is 298 g/mol. The van der Waals surface area contributed by atoms with E-state index in [-0.39, 0.29) is 18.6 Å². The summed E-state index contributed by atoms with van der Waals surface area (Å²) in [6.07, 6.45) is 2.24. The van der Waals surface area contributed by atoms with Gasteiger partial charge in [0.25, 0.3) is 5.91 Å². The minimum Gasteiger partial charge on any atom is -0.491 e. The highest BCUT2D eigenvalue weighted by Gasteiger charge is 2.19. The molecule has 1 aromatic rings. The zero-order valence-electron chi connectivity index (χ0n) is 13.5.